The van der Waals surface area contributed by atoms with E-state index in [1.54, 1.807) is 6.07 Å². The summed E-state index contributed by atoms with van der Waals surface area (Å²) >= 11 is 0. The molecular formula is C10H11N3O5S. The Labute approximate surface area is 108 Å². The molecule has 0 spiro atoms. The van der Waals surface area contributed by atoms with Crippen LogP contribution in [0.2, 0.25) is 0 Å². The first-order valence-electron chi connectivity index (χ1n) is 5.17. The summed E-state index contributed by atoms with van der Waals surface area (Å²) in [6, 6.07) is 1.62. The van der Waals surface area contributed by atoms with Gasteiger partial charge in [-0.2, -0.15) is 9.40 Å². The molecule has 0 saturated carbocycles. The monoisotopic (exact) mass is 285 g/mol. The van der Waals surface area contributed by atoms with Crippen molar-refractivity contribution in [3.63, 3.8) is 0 Å². The third kappa shape index (κ3) is 2.51. The molecule has 2 N–H and O–H groups in total. The average Bonchev–Trinajstić information content (AvgIpc) is 2.98. The highest BCUT2D eigenvalue weighted by Crippen LogP contribution is 2.18. The minimum absolute atomic E-state index is 0.0664. The van der Waals surface area contributed by atoms with Gasteiger partial charge in [0, 0.05) is 19.2 Å². The normalized spacial score (nSPS) is 11.9. The van der Waals surface area contributed by atoms with Crippen LogP contribution in [0.4, 0.5) is 0 Å². The smallest absolute Gasteiger partial charge is 0.340 e. The van der Waals surface area contributed by atoms with Gasteiger partial charge in [-0.25, -0.2) is 13.2 Å². The lowest BCUT2D eigenvalue weighted by Crippen LogP contribution is -2.28. The molecule has 0 fully saturated rings. The fourth-order valence-corrected chi connectivity index (χ4v) is 2.72. The number of rotatable bonds is 5. The minimum atomic E-state index is -3.95. The highest BCUT2D eigenvalue weighted by molar-refractivity contribution is 7.89. The zero-order chi connectivity index (χ0) is 14.0. The van der Waals surface area contributed by atoms with Crippen LogP contribution in [0.3, 0.4) is 0 Å². The second kappa shape index (κ2) is 4.86. The van der Waals surface area contributed by atoms with Crippen molar-refractivity contribution in [1.29, 1.82) is 0 Å². The van der Waals surface area contributed by atoms with E-state index in [2.05, 4.69) is 10.2 Å². The molecule has 102 valence electrons. The van der Waals surface area contributed by atoms with Gasteiger partial charge in [-0.3, -0.25) is 5.10 Å². The van der Waals surface area contributed by atoms with Crippen molar-refractivity contribution in [3.05, 3.63) is 35.9 Å². The van der Waals surface area contributed by atoms with E-state index < -0.39 is 21.0 Å². The standard InChI is InChI=1S/C10H11N3O5S/c1-13(5-7-2-3-18-6-7)19(16,17)9-8(10(14)15)4-11-12-9/h2-4,6H,5H2,1H3,(H,11,12)(H,14,15). The van der Waals surface area contributed by atoms with E-state index in [0.717, 1.165) is 10.5 Å². The number of sulfonamides is 1. The molecule has 0 bridgehead atoms. The Balaban J connectivity index is 2.31. The number of furan rings is 1. The highest BCUT2D eigenvalue weighted by Gasteiger charge is 2.28. The summed E-state index contributed by atoms with van der Waals surface area (Å²) in [6.07, 6.45) is 3.80. The van der Waals surface area contributed by atoms with Gasteiger partial charge in [0.2, 0.25) is 0 Å². The summed E-state index contributed by atoms with van der Waals surface area (Å²) in [5.74, 6) is -1.36. The average molecular weight is 285 g/mol. The first kappa shape index (κ1) is 13.3. The molecule has 2 aromatic rings. The zero-order valence-electron chi connectivity index (χ0n) is 9.90. The first-order chi connectivity index (χ1) is 8.93. The van der Waals surface area contributed by atoms with E-state index in [1.165, 1.54) is 19.6 Å². The molecule has 19 heavy (non-hydrogen) atoms. The van der Waals surface area contributed by atoms with Crippen LogP contribution in [-0.2, 0) is 16.6 Å². The molecule has 0 unspecified atom stereocenters. The first-order valence-corrected chi connectivity index (χ1v) is 6.61. The molecule has 0 aromatic carbocycles. The van der Waals surface area contributed by atoms with Crippen LogP contribution in [-0.4, -0.2) is 41.0 Å². The third-order valence-corrected chi connectivity index (χ3v) is 4.27. The molecule has 0 aliphatic rings. The van der Waals surface area contributed by atoms with Crippen LogP contribution < -0.4 is 0 Å². The minimum Gasteiger partial charge on any atom is -0.478 e. The Morgan fingerprint density at radius 1 is 1.58 bits per heavy atom. The maximum Gasteiger partial charge on any atom is 0.340 e. The largest absolute Gasteiger partial charge is 0.478 e. The van der Waals surface area contributed by atoms with E-state index in [-0.39, 0.29) is 12.1 Å². The summed E-state index contributed by atoms with van der Waals surface area (Å²) in [5, 5.41) is 14.1. The lowest BCUT2D eigenvalue weighted by molar-refractivity contribution is 0.0692. The summed E-state index contributed by atoms with van der Waals surface area (Å²) in [4.78, 5) is 10.9. The van der Waals surface area contributed by atoms with Crippen LogP contribution in [0.1, 0.15) is 15.9 Å². The Bertz CT molecular complexity index is 674. The molecule has 0 saturated heterocycles. The van der Waals surface area contributed by atoms with Gasteiger partial charge in [0.1, 0.15) is 5.56 Å². The summed E-state index contributed by atoms with van der Waals surface area (Å²) < 4.78 is 30.3. The molecule has 2 rings (SSSR count). The third-order valence-electron chi connectivity index (χ3n) is 2.49. The fraction of sp³-hybridized carbons (Fsp3) is 0.200. The molecule has 9 heteroatoms. The van der Waals surface area contributed by atoms with Crippen LogP contribution in [0.5, 0.6) is 0 Å². The van der Waals surface area contributed by atoms with Crippen molar-refractivity contribution in [2.75, 3.05) is 7.05 Å². The van der Waals surface area contributed by atoms with Crippen LogP contribution >= 0.6 is 0 Å². The predicted octanol–water partition coefficient (Wildman–Crippen LogP) is 0.522. The number of H-pyrrole nitrogens is 1. The quantitative estimate of drug-likeness (QED) is 0.827. The van der Waals surface area contributed by atoms with E-state index >= 15 is 0 Å². The molecule has 8 nitrogen and oxygen atoms in total. The second-order valence-electron chi connectivity index (χ2n) is 3.81. The van der Waals surface area contributed by atoms with E-state index in [4.69, 9.17) is 9.52 Å². The lowest BCUT2D eigenvalue weighted by Gasteiger charge is -2.15. The van der Waals surface area contributed by atoms with Crippen molar-refractivity contribution in [1.82, 2.24) is 14.5 Å². The van der Waals surface area contributed by atoms with Crippen LogP contribution in [0.25, 0.3) is 0 Å². The molecule has 0 aliphatic carbocycles. The van der Waals surface area contributed by atoms with Crippen molar-refractivity contribution >= 4 is 16.0 Å². The van der Waals surface area contributed by atoms with Gasteiger partial charge in [-0.15, -0.1) is 0 Å². The fourth-order valence-electron chi connectivity index (χ4n) is 1.50. The zero-order valence-corrected chi connectivity index (χ0v) is 10.7. The number of nitrogens with zero attached hydrogens (tertiary/aromatic N) is 2. The molecule has 2 heterocycles. The Morgan fingerprint density at radius 3 is 2.89 bits per heavy atom. The molecule has 2 aromatic heterocycles. The molecule has 0 aliphatic heterocycles. The van der Waals surface area contributed by atoms with Crippen LogP contribution in [0.15, 0.2) is 34.2 Å². The van der Waals surface area contributed by atoms with Gasteiger partial charge in [-0.05, 0) is 6.07 Å². The molecule has 0 atom stereocenters. The van der Waals surface area contributed by atoms with Crippen molar-refractivity contribution < 1.29 is 22.7 Å². The Hall–Kier alpha value is -2.13. The number of hydrogen-bond acceptors (Lipinski definition) is 5. The number of nitrogens with one attached hydrogen (secondary N) is 1. The second-order valence-corrected chi connectivity index (χ2v) is 5.79. The van der Waals surface area contributed by atoms with Crippen molar-refractivity contribution in [2.45, 2.75) is 11.6 Å². The van der Waals surface area contributed by atoms with Gasteiger partial charge in [0.05, 0.1) is 18.7 Å². The van der Waals surface area contributed by atoms with Gasteiger partial charge in [0.15, 0.2) is 5.03 Å². The molecule has 0 radical (unpaired) electrons. The number of aromatic nitrogens is 2. The maximum absolute atomic E-state index is 12.2. The lowest BCUT2D eigenvalue weighted by atomic mass is 10.3. The molecule has 0 amide bonds. The van der Waals surface area contributed by atoms with Gasteiger partial charge in [0.25, 0.3) is 10.0 Å². The molecular weight excluding hydrogens is 274 g/mol. The Kier molecular flexibility index (Phi) is 3.40. The van der Waals surface area contributed by atoms with Crippen molar-refractivity contribution in [2.24, 2.45) is 0 Å². The number of carbonyl (C=O) groups is 1. The van der Waals surface area contributed by atoms with Gasteiger partial charge in [-0.1, -0.05) is 0 Å². The summed E-state index contributed by atoms with van der Waals surface area (Å²) in [7, 11) is -2.61. The van der Waals surface area contributed by atoms with E-state index in [9.17, 15) is 13.2 Å². The SMILES string of the molecule is CN(Cc1ccoc1)S(=O)(=O)c1[nH]ncc1C(=O)O. The summed E-state index contributed by atoms with van der Waals surface area (Å²) in [6.45, 7) is 0.0664. The summed E-state index contributed by atoms with van der Waals surface area (Å²) in [5.41, 5.74) is 0.265. The number of carboxylic acids is 1. The van der Waals surface area contributed by atoms with Gasteiger partial charge >= 0.3 is 5.97 Å². The topological polar surface area (TPSA) is 117 Å². The number of aromatic carboxylic acids is 1. The van der Waals surface area contributed by atoms with Crippen molar-refractivity contribution in [3.8, 4) is 0 Å². The number of aromatic amines is 1. The number of carboxylic acid groups (broad SMARTS) is 1. The van der Waals surface area contributed by atoms with E-state index in [0.29, 0.717) is 5.56 Å². The van der Waals surface area contributed by atoms with Gasteiger partial charge < -0.3 is 9.52 Å². The van der Waals surface area contributed by atoms with Crippen LogP contribution in [0, 0.1) is 0 Å². The highest BCUT2D eigenvalue weighted by atomic mass is 32.2. The maximum atomic E-state index is 12.2. The number of hydrogen-bond donors (Lipinski definition) is 2. The van der Waals surface area contributed by atoms with E-state index in [1.807, 2.05) is 0 Å². The predicted molar refractivity (Wildman–Crippen MR) is 62.9 cm³/mol. The Morgan fingerprint density at radius 2 is 2.32 bits per heavy atom.